The Labute approximate surface area is 170 Å². The molecule has 0 aliphatic heterocycles. The molecule has 0 aliphatic rings. The summed E-state index contributed by atoms with van der Waals surface area (Å²) in [5, 5.41) is 7.59. The number of amidine groups is 1. The van der Waals surface area contributed by atoms with Crippen LogP contribution in [0.3, 0.4) is 0 Å². The van der Waals surface area contributed by atoms with Crippen LogP contribution < -0.4 is 11.5 Å². The molecule has 0 saturated heterocycles. The molecule has 0 aliphatic carbocycles. The molecule has 8 nitrogen and oxygen atoms in total. The predicted octanol–water partition coefficient (Wildman–Crippen LogP) is 3.16. The second-order valence-corrected chi connectivity index (χ2v) is 6.99. The van der Waals surface area contributed by atoms with Gasteiger partial charge in [0.05, 0.1) is 22.1 Å². The summed E-state index contributed by atoms with van der Waals surface area (Å²) in [5.41, 5.74) is 17.0. The van der Waals surface area contributed by atoms with Gasteiger partial charge in [-0.25, -0.2) is 9.97 Å². The Morgan fingerprint density at radius 1 is 0.733 bits per heavy atom. The third-order valence-electron chi connectivity index (χ3n) is 4.99. The zero-order chi connectivity index (χ0) is 20.8. The number of hydrogen-bond acceptors (Lipinski definition) is 4. The summed E-state index contributed by atoms with van der Waals surface area (Å²) in [6.07, 6.45) is 0. The molecule has 0 bridgehead atoms. The van der Waals surface area contributed by atoms with E-state index in [-0.39, 0.29) is 5.84 Å². The van der Waals surface area contributed by atoms with E-state index in [4.69, 9.17) is 16.9 Å². The van der Waals surface area contributed by atoms with E-state index in [9.17, 15) is 4.79 Å². The highest BCUT2D eigenvalue weighted by Crippen LogP contribution is 2.26. The van der Waals surface area contributed by atoms with Gasteiger partial charge in [0.15, 0.2) is 0 Å². The predicted molar refractivity (Wildman–Crippen MR) is 116 cm³/mol. The summed E-state index contributed by atoms with van der Waals surface area (Å²) in [6.45, 7) is 0. The van der Waals surface area contributed by atoms with Crippen molar-refractivity contribution >= 4 is 33.8 Å². The Balaban J connectivity index is 1.53. The van der Waals surface area contributed by atoms with Crippen molar-refractivity contribution in [2.24, 2.45) is 11.5 Å². The lowest BCUT2D eigenvalue weighted by Gasteiger charge is -1.98. The molecule has 146 valence electrons. The van der Waals surface area contributed by atoms with Crippen molar-refractivity contribution in [1.29, 1.82) is 5.41 Å². The molecule has 0 saturated carbocycles. The van der Waals surface area contributed by atoms with Gasteiger partial charge in [-0.2, -0.15) is 0 Å². The zero-order valence-electron chi connectivity index (χ0n) is 15.7. The van der Waals surface area contributed by atoms with Crippen LogP contribution in [0.5, 0.6) is 0 Å². The molecule has 0 fully saturated rings. The standard InChI is InChI=1S/C22H17N7O/c23-19(24)13-5-7-15-17(9-13)29-22(27-15)14-6-8-16-18(10-14)28-21(26-16)12-3-1-11(2-4-12)20(25)30/h1-10H,(H3,23,24)(H2,25,30)(H,26,28)(H,27,29). The number of nitrogens with two attached hydrogens (primary N) is 2. The van der Waals surface area contributed by atoms with Gasteiger partial charge in [0.2, 0.25) is 5.91 Å². The topological polar surface area (TPSA) is 150 Å². The van der Waals surface area contributed by atoms with Crippen molar-refractivity contribution in [3.8, 4) is 22.8 Å². The number of imidazole rings is 2. The van der Waals surface area contributed by atoms with Crippen LogP contribution in [0.25, 0.3) is 44.8 Å². The molecular weight excluding hydrogens is 378 g/mol. The van der Waals surface area contributed by atoms with Crippen molar-refractivity contribution in [3.05, 3.63) is 71.8 Å². The number of carbonyl (C=O) groups is 1. The number of benzene rings is 3. The number of aromatic amines is 2. The van der Waals surface area contributed by atoms with E-state index in [0.29, 0.717) is 17.0 Å². The van der Waals surface area contributed by atoms with Gasteiger partial charge in [-0.15, -0.1) is 0 Å². The minimum Gasteiger partial charge on any atom is -0.384 e. The number of amides is 1. The summed E-state index contributed by atoms with van der Waals surface area (Å²) in [4.78, 5) is 27.1. The number of nitrogen functional groups attached to an aromatic ring is 1. The van der Waals surface area contributed by atoms with Crippen molar-refractivity contribution in [3.63, 3.8) is 0 Å². The summed E-state index contributed by atoms with van der Waals surface area (Å²) < 4.78 is 0. The molecule has 0 atom stereocenters. The van der Waals surface area contributed by atoms with Crippen molar-refractivity contribution in [1.82, 2.24) is 19.9 Å². The first kappa shape index (κ1) is 17.6. The van der Waals surface area contributed by atoms with Gasteiger partial charge in [-0.05, 0) is 48.5 Å². The molecule has 30 heavy (non-hydrogen) atoms. The molecular formula is C22H17N7O. The van der Waals surface area contributed by atoms with Crippen LogP contribution in [0.2, 0.25) is 0 Å². The number of carbonyl (C=O) groups excluding carboxylic acids is 1. The lowest BCUT2D eigenvalue weighted by molar-refractivity contribution is 0.100. The monoisotopic (exact) mass is 395 g/mol. The van der Waals surface area contributed by atoms with E-state index in [0.717, 1.165) is 39.0 Å². The fourth-order valence-corrected chi connectivity index (χ4v) is 3.40. The van der Waals surface area contributed by atoms with E-state index >= 15 is 0 Å². The number of rotatable bonds is 4. The first-order valence-corrected chi connectivity index (χ1v) is 9.22. The highest BCUT2D eigenvalue weighted by Gasteiger charge is 2.11. The average Bonchev–Trinajstić information content (AvgIpc) is 3.36. The smallest absolute Gasteiger partial charge is 0.248 e. The maximum atomic E-state index is 11.3. The fourth-order valence-electron chi connectivity index (χ4n) is 3.40. The highest BCUT2D eigenvalue weighted by atomic mass is 16.1. The van der Waals surface area contributed by atoms with Crippen LogP contribution in [-0.4, -0.2) is 31.7 Å². The van der Waals surface area contributed by atoms with E-state index in [1.807, 2.05) is 42.5 Å². The summed E-state index contributed by atoms with van der Waals surface area (Å²) in [6, 6.07) is 18.3. The molecule has 2 heterocycles. The first-order valence-electron chi connectivity index (χ1n) is 9.22. The van der Waals surface area contributed by atoms with E-state index in [2.05, 4.69) is 19.9 Å². The van der Waals surface area contributed by atoms with Crippen LogP contribution in [0.1, 0.15) is 15.9 Å². The molecule has 7 N–H and O–H groups in total. The third kappa shape index (κ3) is 2.96. The second-order valence-electron chi connectivity index (χ2n) is 6.99. The molecule has 2 aromatic heterocycles. The van der Waals surface area contributed by atoms with Gasteiger partial charge in [-0.3, -0.25) is 10.2 Å². The molecule has 8 heteroatoms. The van der Waals surface area contributed by atoms with Crippen molar-refractivity contribution < 1.29 is 4.79 Å². The molecule has 0 spiro atoms. The number of H-pyrrole nitrogens is 2. The van der Waals surface area contributed by atoms with Gasteiger partial charge >= 0.3 is 0 Å². The minimum atomic E-state index is -0.461. The van der Waals surface area contributed by atoms with Crippen LogP contribution in [0.4, 0.5) is 0 Å². The molecule has 5 rings (SSSR count). The number of fused-ring (bicyclic) bond motifs is 2. The summed E-state index contributed by atoms with van der Waals surface area (Å²) in [5.74, 6) is 0.976. The van der Waals surface area contributed by atoms with E-state index in [1.54, 1.807) is 18.2 Å². The van der Waals surface area contributed by atoms with Crippen LogP contribution in [0.15, 0.2) is 60.7 Å². The van der Waals surface area contributed by atoms with Crippen molar-refractivity contribution in [2.75, 3.05) is 0 Å². The largest absolute Gasteiger partial charge is 0.384 e. The summed E-state index contributed by atoms with van der Waals surface area (Å²) >= 11 is 0. The van der Waals surface area contributed by atoms with E-state index < -0.39 is 5.91 Å². The van der Waals surface area contributed by atoms with Gasteiger partial charge < -0.3 is 21.4 Å². The van der Waals surface area contributed by atoms with Gasteiger partial charge in [-0.1, -0.05) is 12.1 Å². The van der Waals surface area contributed by atoms with Gasteiger partial charge in [0.25, 0.3) is 0 Å². The maximum absolute atomic E-state index is 11.3. The lowest BCUT2D eigenvalue weighted by atomic mass is 10.1. The third-order valence-corrected chi connectivity index (χ3v) is 4.99. The fraction of sp³-hybridized carbons (Fsp3) is 0. The van der Waals surface area contributed by atoms with Gasteiger partial charge in [0, 0.05) is 22.3 Å². The number of aromatic nitrogens is 4. The Morgan fingerprint density at radius 3 is 1.90 bits per heavy atom. The van der Waals surface area contributed by atoms with E-state index in [1.165, 1.54) is 0 Å². The lowest BCUT2D eigenvalue weighted by Crippen LogP contribution is -2.10. The molecule has 3 aromatic carbocycles. The number of primary amides is 1. The van der Waals surface area contributed by atoms with Crippen LogP contribution in [0, 0.1) is 5.41 Å². The Kier molecular flexibility index (Phi) is 3.85. The quantitative estimate of drug-likeness (QED) is 0.234. The molecule has 1 amide bonds. The first-order chi connectivity index (χ1) is 14.5. The molecule has 0 radical (unpaired) electrons. The van der Waals surface area contributed by atoms with Crippen molar-refractivity contribution in [2.45, 2.75) is 0 Å². The SMILES string of the molecule is N=C(N)c1ccc2nc(-c3ccc4nc(-c5ccc(C(N)=O)cc5)[nH]c4c3)[nH]c2c1. The summed E-state index contributed by atoms with van der Waals surface area (Å²) in [7, 11) is 0. The maximum Gasteiger partial charge on any atom is 0.248 e. The highest BCUT2D eigenvalue weighted by molar-refractivity contribution is 5.98. The molecule has 0 unspecified atom stereocenters. The van der Waals surface area contributed by atoms with Gasteiger partial charge in [0.1, 0.15) is 17.5 Å². The average molecular weight is 395 g/mol. The Bertz CT molecular complexity index is 1440. The second kappa shape index (κ2) is 6.56. The zero-order valence-corrected chi connectivity index (χ0v) is 15.7. The normalized spacial score (nSPS) is 11.2. The Morgan fingerprint density at radius 2 is 1.27 bits per heavy atom. The minimum absolute atomic E-state index is 0.0170. The number of nitrogens with one attached hydrogen (secondary N) is 3. The number of nitrogens with zero attached hydrogens (tertiary/aromatic N) is 2. The Hall–Kier alpha value is -4.46. The van der Waals surface area contributed by atoms with Crippen LogP contribution >= 0.6 is 0 Å². The molecule has 5 aromatic rings. The number of hydrogen-bond donors (Lipinski definition) is 5. The van der Waals surface area contributed by atoms with Crippen LogP contribution in [-0.2, 0) is 0 Å².